The van der Waals surface area contributed by atoms with Gasteiger partial charge in [0.15, 0.2) is 0 Å². The van der Waals surface area contributed by atoms with Crippen molar-refractivity contribution in [2.75, 3.05) is 0 Å². The summed E-state index contributed by atoms with van der Waals surface area (Å²) in [7, 11) is 0. The highest BCUT2D eigenvalue weighted by Crippen LogP contribution is 2.28. The second kappa shape index (κ2) is 16.6. The van der Waals surface area contributed by atoms with Gasteiger partial charge in [0.05, 0.1) is 6.04 Å². The lowest BCUT2D eigenvalue weighted by molar-refractivity contribution is -0.131. The predicted molar refractivity (Wildman–Crippen MR) is 172 cm³/mol. The molecule has 0 unspecified atom stereocenters. The van der Waals surface area contributed by atoms with Crippen LogP contribution in [0.3, 0.4) is 0 Å². The Balaban J connectivity index is 1.54. The molecule has 1 saturated carbocycles. The van der Waals surface area contributed by atoms with Crippen molar-refractivity contribution < 1.29 is 23.9 Å². The topological polar surface area (TPSA) is 114 Å². The molecule has 3 aromatic carbocycles. The molecule has 1 aliphatic carbocycles. The third-order valence-electron chi connectivity index (χ3n) is 8.27. The van der Waals surface area contributed by atoms with E-state index in [0.717, 1.165) is 53.9 Å². The summed E-state index contributed by atoms with van der Waals surface area (Å²) in [6.45, 7) is 4.04. The van der Waals surface area contributed by atoms with Crippen LogP contribution >= 0.6 is 0 Å². The molecular formula is C36H45N3O5. The minimum Gasteiger partial charge on any atom is -0.445 e. The Labute approximate surface area is 260 Å². The van der Waals surface area contributed by atoms with E-state index in [1.807, 2.05) is 86.6 Å². The van der Waals surface area contributed by atoms with E-state index in [2.05, 4.69) is 16.0 Å². The molecule has 3 atom stereocenters. The van der Waals surface area contributed by atoms with Gasteiger partial charge < -0.3 is 25.5 Å². The van der Waals surface area contributed by atoms with Crippen LogP contribution in [0.25, 0.3) is 10.8 Å². The summed E-state index contributed by atoms with van der Waals surface area (Å²) in [4.78, 5) is 52.2. The fourth-order valence-corrected chi connectivity index (χ4v) is 6.01. The van der Waals surface area contributed by atoms with Crippen LogP contribution in [-0.4, -0.2) is 42.3 Å². The monoisotopic (exact) mass is 599 g/mol. The molecule has 8 heteroatoms. The summed E-state index contributed by atoms with van der Waals surface area (Å²) in [5.74, 6) is -0.345. The second-order valence-corrected chi connectivity index (χ2v) is 12.3. The Morgan fingerprint density at radius 3 is 2.23 bits per heavy atom. The van der Waals surface area contributed by atoms with Crippen molar-refractivity contribution in [1.29, 1.82) is 0 Å². The third kappa shape index (κ3) is 9.93. The van der Waals surface area contributed by atoms with E-state index in [4.69, 9.17) is 4.74 Å². The van der Waals surface area contributed by atoms with Crippen LogP contribution in [0.2, 0.25) is 0 Å². The number of carbonyl (C=O) groups excluding carboxylic acids is 4. The van der Waals surface area contributed by atoms with Gasteiger partial charge in [-0.25, -0.2) is 4.79 Å². The summed E-state index contributed by atoms with van der Waals surface area (Å²) in [6, 6.07) is 20.6. The second-order valence-electron chi connectivity index (χ2n) is 12.3. The Bertz CT molecular complexity index is 1380. The van der Waals surface area contributed by atoms with E-state index in [-0.39, 0.29) is 24.9 Å². The number of carbonyl (C=O) groups is 4. The average Bonchev–Trinajstić information content (AvgIpc) is 3.03. The third-order valence-corrected chi connectivity index (χ3v) is 8.27. The standard InChI is InChI=1S/C36H45N3O5/c1-25(2)20-30(23-40)37-34(41)32(21-26-12-5-3-6-13-26)38-35(42)33(39-36(43)44-24-27-14-7-4-8-15-27)22-29-18-11-17-28-16-9-10-19-31(28)29/h4,7-11,14-19,23,25-26,30,32-33H,3,5-6,12-13,20-22,24H2,1-2H3,(H,37,41)(H,38,42)(H,39,43)/t30-,32-,33-/m0/s1. The minimum atomic E-state index is -0.997. The Kier molecular flexibility index (Phi) is 12.3. The highest BCUT2D eigenvalue weighted by molar-refractivity contribution is 5.93. The number of hydrogen-bond donors (Lipinski definition) is 3. The molecule has 0 saturated heterocycles. The zero-order chi connectivity index (χ0) is 31.3. The van der Waals surface area contributed by atoms with E-state index >= 15 is 0 Å². The van der Waals surface area contributed by atoms with Crippen molar-refractivity contribution in [2.45, 2.75) is 89.9 Å². The Morgan fingerprint density at radius 2 is 1.50 bits per heavy atom. The summed E-state index contributed by atoms with van der Waals surface area (Å²) >= 11 is 0. The van der Waals surface area contributed by atoms with E-state index < -0.39 is 30.1 Å². The lowest BCUT2D eigenvalue weighted by atomic mass is 9.84. The van der Waals surface area contributed by atoms with Crippen molar-refractivity contribution in [3.8, 4) is 0 Å². The molecule has 0 aromatic heterocycles. The molecule has 4 rings (SSSR count). The molecule has 1 fully saturated rings. The van der Waals surface area contributed by atoms with Gasteiger partial charge in [-0.2, -0.15) is 0 Å². The van der Waals surface area contributed by atoms with Crippen LogP contribution < -0.4 is 16.0 Å². The number of fused-ring (bicyclic) bond motifs is 1. The molecule has 0 heterocycles. The molecule has 1 aliphatic rings. The summed E-state index contributed by atoms with van der Waals surface area (Å²) < 4.78 is 5.46. The van der Waals surface area contributed by atoms with Crippen molar-refractivity contribution in [1.82, 2.24) is 16.0 Å². The molecule has 3 aromatic rings. The zero-order valence-corrected chi connectivity index (χ0v) is 25.8. The first-order valence-corrected chi connectivity index (χ1v) is 15.8. The highest BCUT2D eigenvalue weighted by atomic mass is 16.5. The molecule has 3 N–H and O–H groups in total. The highest BCUT2D eigenvalue weighted by Gasteiger charge is 2.31. The molecule has 0 spiro atoms. The van der Waals surface area contributed by atoms with Gasteiger partial charge in [-0.3, -0.25) is 9.59 Å². The Morgan fingerprint density at radius 1 is 0.818 bits per heavy atom. The minimum absolute atomic E-state index is 0.0604. The number of rotatable bonds is 14. The van der Waals surface area contributed by atoms with Crippen molar-refractivity contribution in [3.05, 3.63) is 83.9 Å². The molecular weight excluding hydrogens is 554 g/mol. The lowest BCUT2D eigenvalue weighted by Gasteiger charge is -2.29. The van der Waals surface area contributed by atoms with Crippen LogP contribution in [0, 0.1) is 11.8 Å². The lowest BCUT2D eigenvalue weighted by Crippen LogP contribution is -2.56. The van der Waals surface area contributed by atoms with Crippen molar-refractivity contribution in [2.24, 2.45) is 11.8 Å². The predicted octanol–water partition coefficient (Wildman–Crippen LogP) is 5.86. The number of alkyl carbamates (subject to hydrolysis) is 1. The molecule has 8 nitrogen and oxygen atoms in total. The van der Waals surface area contributed by atoms with Gasteiger partial charge in [-0.05, 0) is 46.6 Å². The van der Waals surface area contributed by atoms with Crippen molar-refractivity contribution in [3.63, 3.8) is 0 Å². The maximum absolute atomic E-state index is 14.0. The smallest absolute Gasteiger partial charge is 0.408 e. The fourth-order valence-electron chi connectivity index (χ4n) is 6.01. The largest absolute Gasteiger partial charge is 0.445 e. The fraction of sp³-hybridized carbons (Fsp3) is 0.444. The first kappa shape index (κ1) is 32.7. The maximum atomic E-state index is 14.0. The van der Waals surface area contributed by atoms with E-state index in [0.29, 0.717) is 18.8 Å². The molecule has 0 bridgehead atoms. The van der Waals surface area contributed by atoms with Gasteiger partial charge in [0, 0.05) is 6.42 Å². The van der Waals surface area contributed by atoms with Crippen LogP contribution in [-0.2, 0) is 32.1 Å². The summed E-state index contributed by atoms with van der Waals surface area (Å²) in [5, 5.41) is 10.6. The average molecular weight is 600 g/mol. The molecule has 234 valence electrons. The molecule has 44 heavy (non-hydrogen) atoms. The van der Waals surface area contributed by atoms with Gasteiger partial charge in [0.1, 0.15) is 25.0 Å². The maximum Gasteiger partial charge on any atom is 0.408 e. The molecule has 0 aliphatic heterocycles. The SMILES string of the molecule is CC(C)C[C@@H](C=O)NC(=O)[C@H](CC1CCCCC1)NC(=O)[C@H](Cc1cccc2ccccc12)NC(=O)OCc1ccccc1. The number of aldehydes is 1. The van der Waals surface area contributed by atoms with Gasteiger partial charge >= 0.3 is 6.09 Å². The van der Waals surface area contributed by atoms with Gasteiger partial charge in [-0.15, -0.1) is 0 Å². The van der Waals surface area contributed by atoms with Gasteiger partial charge in [-0.1, -0.05) is 119 Å². The quantitative estimate of drug-likeness (QED) is 0.201. The summed E-state index contributed by atoms with van der Waals surface area (Å²) in [5.41, 5.74) is 1.71. The number of nitrogens with one attached hydrogen (secondary N) is 3. The normalized spacial score (nSPS) is 15.6. The van der Waals surface area contributed by atoms with Gasteiger partial charge in [0.25, 0.3) is 0 Å². The van der Waals surface area contributed by atoms with Crippen LogP contribution in [0.1, 0.15) is 69.9 Å². The summed E-state index contributed by atoms with van der Waals surface area (Å²) in [6.07, 6.45) is 6.57. The van der Waals surface area contributed by atoms with E-state index in [9.17, 15) is 19.2 Å². The van der Waals surface area contributed by atoms with Crippen LogP contribution in [0.5, 0.6) is 0 Å². The Hall–Kier alpha value is -4.20. The van der Waals surface area contributed by atoms with E-state index in [1.54, 1.807) is 0 Å². The first-order chi connectivity index (χ1) is 21.3. The number of amides is 3. The molecule has 0 radical (unpaired) electrons. The van der Waals surface area contributed by atoms with Gasteiger partial charge in [0.2, 0.25) is 11.8 Å². The van der Waals surface area contributed by atoms with Crippen LogP contribution in [0.4, 0.5) is 4.79 Å². The number of ether oxygens (including phenoxy) is 1. The number of hydrogen-bond acceptors (Lipinski definition) is 5. The zero-order valence-electron chi connectivity index (χ0n) is 25.8. The molecule has 3 amide bonds. The van der Waals surface area contributed by atoms with E-state index in [1.165, 1.54) is 6.42 Å². The van der Waals surface area contributed by atoms with Crippen LogP contribution in [0.15, 0.2) is 72.8 Å². The number of benzene rings is 3. The first-order valence-electron chi connectivity index (χ1n) is 15.8. The van der Waals surface area contributed by atoms with Crippen molar-refractivity contribution >= 4 is 35.0 Å².